The van der Waals surface area contributed by atoms with Crippen LogP contribution in [0, 0.1) is 6.92 Å². The van der Waals surface area contributed by atoms with Gasteiger partial charge in [0, 0.05) is 25.4 Å². The van der Waals surface area contributed by atoms with E-state index in [0.29, 0.717) is 6.61 Å². The number of aryl methyl sites for hydroxylation is 1. The molecule has 0 saturated carbocycles. The molecular weight excluding hydrogens is 308 g/mol. The normalized spacial score (nSPS) is 10.9. The van der Waals surface area contributed by atoms with Gasteiger partial charge in [0.15, 0.2) is 0 Å². The summed E-state index contributed by atoms with van der Waals surface area (Å²) in [5.41, 5.74) is 5.65. The van der Waals surface area contributed by atoms with Crippen molar-refractivity contribution in [1.82, 2.24) is 19.9 Å². The molecule has 0 saturated heterocycles. The highest BCUT2D eigenvalue weighted by atomic mass is 16.5. The number of benzene rings is 1. The molecule has 2 aromatic heterocycles. The minimum atomic E-state index is -1.03. The van der Waals surface area contributed by atoms with Gasteiger partial charge in [-0.3, -0.25) is 0 Å². The minimum absolute atomic E-state index is 0.281. The molecule has 2 heterocycles. The number of rotatable bonds is 5. The maximum absolute atomic E-state index is 10.6. The van der Waals surface area contributed by atoms with Crippen LogP contribution in [0.3, 0.4) is 0 Å². The van der Waals surface area contributed by atoms with Crippen molar-refractivity contribution in [2.45, 2.75) is 20.1 Å². The zero-order valence-electron chi connectivity index (χ0n) is 13.5. The molecule has 0 unspecified atom stereocenters. The highest BCUT2D eigenvalue weighted by Gasteiger charge is 2.10. The summed E-state index contributed by atoms with van der Waals surface area (Å²) in [5.74, 6) is 0. The van der Waals surface area contributed by atoms with Crippen LogP contribution >= 0.6 is 0 Å². The monoisotopic (exact) mass is 326 g/mol. The van der Waals surface area contributed by atoms with Gasteiger partial charge >= 0.3 is 6.09 Å². The summed E-state index contributed by atoms with van der Waals surface area (Å²) in [4.78, 5) is 15.0. The topological polar surface area (TPSA) is 88.8 Å². The van der Waals surface area contributed by atoms with E-state index >= 15 is 0 Å². The molecule has 0 radical (unpaired) electrons. The Morgan fingerprint density at radius 1 is 1.38 bits per heavy atom. The first-order valence-corrected chi connectivity index (χ1v) is 7.46. The Bertz CT molecular complexity index is 889. The summed E-state index contributed by atoms with van der Waals surface area (Å²) >= 11 is 0. The van der Waals surface area contributed by atoms with Crippen LogP contribution in [0.4, 0.5) is 4.79 Å². The van der Waals surface area contributed by atoms with Crippen LogP contribution in [-0.4, -0.2) is 32.9 Å². The van der Waals surface area contributed by atoms with Crippen LogP contribution in [0.15, 0.2) is 36.8 Å². The number of nitrogens with one attached hydrogen (secondary N) is 1. The van der Waals surface area contributed by atoms with E-state index < -0.39 is 6.09 Å². The first-order valence-electron chi connectivity index (χ1n) is 7.46. The molecular formula is C17H18N4O3. The second kappa shape index (κ2) is 6.67. The predicted octanol–water partition coefficient (Wildman–Crippen LogP) is 2.62. The van der Waals surface area contributed by atoms with E-state index in [2.05, 4.69) is 15.4 Å². The smallest absolute Gasteiger partial charge is 0.404 e. The maximum atomic E-state index is 10.6. The summed E-state index contributed by atoms with van der Waals surface area (Å²) in [6, 6.07) is 7.87. The molecule has 3 rings (SSSR count). The summed E-state index contributed by atoms with van der Waals surface area (Å²) in [5, 5.41) is 15.3. The van der Waals surface area contributed by atoms with Gasteiger partial charge in [0.1, 0.15) is 6.33 Å². The average Bonchev–Trinajstić information content (AvgIpc) is 2.96. The van der Waals surface area contributed by atoms with E-state index in [1.165, 1.54) is 6.33 Å². The van der Waals surface area contributed by atoms with Crippen molar-refractivity contribution >= 4 is 11.6 Å². The Hall–Kier alpha value is -2.93. The summed E-state index contributed by atoms with van der Waals surface area (Å²) in [7, 11) is 1.65. The molecule has 24 heavy (non-hydrogen) atoms. The summed E-state index contributed by atoms with van der Waals surface area (Å²) < 4.78 is 6.95. The molecule has 0 bridgehead atoms. The maximum Gasteiger partial charge on any atom is 0.404 e. The molecule has 3 aromatic rings. The van der Waals surface area contributed by atoms with Gasteiger partial charge in [-0.15, -0.1) is 0 Å². The third-order valence-corrected chi connectivity index (χ3v) is 3.82. The number of hydrogen-bond donors (Lipinski definition) is 2. The van der Waals surface area contributed by atoms with Gasteiger partial charge in [0.2, 0.25) is 0 Å². The van der Waals surface area contributed by atoms with Crippen LogP contribution < -0.4 is 5.32 Å². The molecule has 0 aliphatic heterocycles. The van der Waals surface area contributed by atoms with E-state index in [0.717, 1.165) is 33.5 Å². The number of ether oxygens (including phenoxy) is 1. The predicted molar refractivity (Wildman–Crippen MR) is 88.7 cm³/mol. The first-order chi connectivity index (χ1) is 11.6. The van der Waals surface area contributed by atoms with Crippen molar-refractivity contribution in [3.8, 4) is 11.3 Å². The van der Waals surface area contributed by atoms with Crippen LogP contribution in [0.25, 0.3) is 16.8 Å². The third-order valence-electron chi connectivity index (χ3n) is 3.82. The van der Waals surface area contributed by atoms with Crippen LogP contribution in [0.2, 0.25) is 0 Å². The van der Waals surface area contributed by atoms with Gasteiger partial charge in [0.05, 0.1) is 17.8 Å². The fraction of sp³-hybridized carbons (Fsp3) is 0.235. The van der Waals surface area contributed by atoms with Gasteiger partial charge in [0.25, 0.3) is 0 Å². The molecule has 1 aromatic carbocycles. The van der Waals surface area contributed by atoms with Crippen molar-refractivity contribution in [2.75, 3.05) is 7.11 Å². The SMILES string of the molecule is COCc1cc2c(-c3ccc(CNC(=O)O)c(C)c3)ncnn2c1. The van der Waals surface area contributed by atoms with Crippen molar-refractivity contribution in [2.24, 2.45) is 0 Å². The van der Waals surface area contributed by atoms with Gasteiger partial charge in [-0.25, -0.2) is 14.3 Å². The zero-order chi connectivity index (χ0) is 17.1. The standard InChI is InChI=1S/C17H18N4O3/c1-11-5-13(3-4-14(11)7-18-17(22)23)16-15-6-12(9-24-2)8-21(15)20-10-19-16/h3-6,8,10,18H,7,9H2,1-2H3,(H,22,23). The molecule has 124 valence electrons. The Kier molecular flexibility index (Phi) is 4.43. The molecule has 0 spiro atoms. The summed E-state index contributed by atoms with van der Waals surface area (Å²) in [6.07, 6.45) is 2.41. The molecule has 0 fully saturated rings. The summed E-state index contributed by atoms with van der Waals surface area (Å²) in [6.45, 7) is 2.75. The number of carboxylic acid groups (broad SMARTS) is 1. The molecule has 2 N–H and O–H groups in total. The quantitative estimate of drug-likeness (QED) is 0.752. The van der Waals surface area contributed by atoms with Crippen LogP contribution in [0.1, 0.15) is 16.7 Å². The lowest BCUT2D eigenvalue weighted by Crippen LogP contribution is -2.20. The second-order valence-corrected chi connectivity index (χ2v) is 5.52. The highest BCUT2D eigenvalue weighted by molar-refractivity contribution is 5.77. The van der Waals surface area contributed by atoms with Crippen molar-refractivity contribution in [3.05, 3.63) is 53.5 Å². The van der Waals surface area contributed by atoms with Crippen LogP contribution in [0.5, 0.6) is 0 Å². The molecule has 7 nitrogen and oxygen atoms in total. The number of aromatic nitrogens is 3. The van der Waals surface area contributed by atoms with Gasteiger partial charge in [-0.2, -0.15) is 5.10 Å². The van der Waals surface area contributed by atoms with Gasteiger partial charge in [-0.1, -0.05) is 12.1 Å². The molecule has 7 heteroatoms. The lowest BCUT2D eigenvalue weighted by molar-refractivity contribution is 0.185. The van der Waals surface area contributed by atoms with Crippen molar-refractivity contribution < 1.29 is 14.6 Å². The van der Waals surface area contributed by atoms with E-state index in [9.17, 15) is 4.79 Å². The minimum Gasteiger partial charge on any atom is -0.465 e. The lowest BCUT2D eigenvalue weighted by atomic mass is 10.0. The number of carbonyl (C=O) groups is 1. The zero-order valence-corrected chi connectivity index (χ0v) is 13.5. The molecule has 0 atom stereocenters. The second-order valence-electron chi connectivity index (χ2n) is 5.52. The lowest BCUT2D eigenvalue weighted by Gasteiger charge is -2.09. The molecule has 0 aliphatic carbocycles. The van der Waals surface area contributed by atoms with Crippen LogP contribution in [-0.2, 0) is 17.9 Å². The van der Waals surface area contributed by atoms with E-state index in [1.807, 2.05) is 37.4 Å². The van der Waals surface area contributed by atoms with E-state index in [1.54, 1.807) is 11.6 Å². The van der Waals surface area contributed by atoms with Crippen molar-refractivity contribution in [3.63, 3.8) is 0 Å². The molecule has 1 amide bonds. The third kappa shape index (κ3) is 3.21. The largest absolute Gasteiger partial charge is 0.465 e. The number of methoxy groups -OCH3 is 1. The number of hydrogen-bond acceptors (Lipinski definition) is 4. The Morgan fingerprint density at radius 2 is 2.21 bits per heavy atom. The highest BCUT2D eigenvalue weighted by Crippen LogP contribution is 2.25. The first kappa shape index (κ1) is 15.9. The van der Waals surface area contributed by atoms with E-state index in [-0.39, 0.29) is 6.54 Å². The fourth-order valence-corrected chi connectivity index (χ4v) is 2.66. The number of nitrogens with zero attached hydrogens (tertiary/aromatic N) is 3. The molecule has 0 aliphatic rings. The van der Waals surface area contributed by atoms with E-state index in [4.69, 9.17) is 9.84 Å². The van der Waals surface area contributed by atoms with Gasteiger partial charge in [-0.05, 0) is 35.7 Å². The van der Waals surface area contributed by atoms with Gasteiger partial charge < -0.3 is 15.2 Å². The Morgan fingerprint density at radius 3 is 2.92 bits per heavy atom. The Labute approximate surface area is 138 Å². The number of fused-ring (bicyclic) bond motifs is 1. The van der Waals surface area contributed by atoms with Crippen molar-refractivity contribution in [1.29, 1.82) is 0 Å². The fourth-order valence-electron chi connectivity index (χ4n) is 2.66. The average molecular weight is 326 g/mol. The number of amides is 1. The Balaban J connectivity index is 1.98.